The SMILES string of the molecule is c1ccc(CN2CCC(CCCc3ncc[nH]3)CC2)cc1. The van der Waals surface area contributed by atoms with Gasteiger partial charge in [-0.3, -0.25) is 4.90 Å². The van der Waals surface area contributed by atoms with E-state index >= 15 is 0 Å². The van der Waals surface area contributed by atoms with Crippen LogP contribution in [0.15, 0.2) is 42.7 Å². The molecule has 3 nitrogen and oxygen atoms in total. The number of aromatic nitrogens is 2. The third-order valence-corrected chi connectivity index (χ3v) is 4.54. The van der Waals surface area contributed by atoms with Gasteiger partial charge in [-0.2, -0.15) is 0 Å². The molecule has 0 bridgehead atoms. The number of rotatable bonds is 6. The molecule has 21 heavy (non-hydrogen) atoms. The van der Waals surface area contributed by atoms with Gasteiger partial charge in [0.25, 0.3) is 0 Å². The van der Waals surface area contributed by atoms with Crippen LogP contribution in [0.4, 0.5) is 0 Å². The molecule has 3 rings (SSSR count). The van der Waals surface area contributed by atoms with E-state index < -0.39 is 0 Å². The van der Waals surface area contributed by atoms with E-state index in [9.17, 15) is 0 Å². The zero-order valence-corrected chi connectivity index (χ0v) is 12.7. The minimum absolute atomic E-state index is 0.909. The lowest BCUT2D eigenvalue weighted by molar-refractivity contribution is 0.171. The Morgan fingerprint density at radius 2 is 1.95 bits per heavy atom. The van der Waals surface area contributed by atoms with Crippen LogP contribution in [0.3, 0.4) is 0 Å². The maximum atomic E-state index is 4.29. The topological polar surface area (TPSA) is 31.9 Å². The molecule has 2 aromatic rings. The molecule has 3 heteroatoms. The Morgan fingerprint density at radius 1 is 1.14 bits per heavy atom. The molecule has 1 aliphatic heterocycles. The van der Waals surface area contributed by atoms with Gasteiger partial charge in [-0.1, -0.05) is 30.3 Å². The van der Waals surface area contributed by atoms with Gasteiger partial charge in [0.2, 0.25) is 0 Å². The van der Waals surface area contributed by atoms with Crippen molar-refractivity contribution in [1.29, 1.82) is 0 Å². The number of hydrogen-bond acceptors (Lipinski definition) is 2. The second kappa shape index (κ2) is 7.41. The number of likely N-dealkylation sites (tertiary alicyclic amines) is 1. The minimum atomic E-state index is 0.909. The number of nitrogens with one attached hydrogen (secondary N) is 1. The predicted molar refractivity (Wildman–Crippen MR) is 86.0 cm³/mol. The second-order valence-electron chi connectivity index (χ2n) is 6.13. The van der Waals surface area contributed by atoms with Crippen LogP contribution in [0.25, 0.3) is 0 Å². The highest BCUT2D eigenvalue weighted by Gasteiger charge is 2.18. The van der Waals surface area contributed by atoms with Gasteiger partial charge in [0, 0.05) is 25.4 Å². The van der Waals surface area contributed by atoms with Crippen LogP contribution in [0, 0.1) is 5.92 Å². The van der Waals surface area contributed by atoms with Crippen LogP contribution >= 0.6 is 0 Å². The van der Waals surface area contributed by atoms with Crippen LogP contribution in [0.2, 0.25) is 0 Å². The van der Waals surface area contributed by atoms with Crippen molar-refractivity contribution in [3.63, 3.8) is 0 Å². The molecule has 1 aromatic heterocycles. The molecule has 0 amide bonds. The smallest absolute Gasteiger partial charge is 0.105 e. The summed E-state index contributed by atoms with van der Waals surface area (Å²) < 4.78 is 0. The average Bonchev–Trinajstić information content (AvgIpc) is 3.03. The average molecular weight is 283 g/mol. The zero-order valence-electron chi connectivity index (χ0n) is 12.7. The highest BCUT2D eigenvalue weighted by Crippen LogP contribution is 2.23. The van der Waals surface area contributed by atoms with Crippen LogP contribution in [0.1, 0.15) is 37.1 Å². The summed E-state index contributed by atoms with van der Waals surface area (Å²) in [6.07, 6.45) is 10.2. The molecule has 0 aliphatic carbocycles. The molecule has 0 radical (unpaired) electrons. The first-order valence-corrected chi connectivity index (χ1v) is 8.15. The van der Waals surface area contributed by atoms with E-state index in [1.54, 1.807) is 0 Å². The van der Waals surface area contributed by atoms with Gasteiger partial charge in [-0.25, -0.2) is 4.98 Å². The first-order chi connectivity index (χ1) is 10.4. The van der Waals surface area contributed by atoms with Crippen LogP contribution in [0.5, 0.6) is 0 Å². The molecule has 0 spiro atoms. The van der Waals surface area contributed by atoms with Crippen LogP contribution in [-0.2, 0) is 13.0 Å². The first-order valence-electron chi connectivity index (χ1n) is 8.15. The maximum Gasteiger partial charge on any atom is 0.105 e. The van der Waals surface area contributed by atoms with Crippen molar-refractivity contribution < 1.29 is 0 Å². The number of hydrogen-bond donors (Lipinski definition) is 1. The second-order valence-corrected chi connectivity index (χ2v) is 6.13. The van der Waals surface area contributed by atoms with Crippen molar-refractivity contribution in [2.75, 3.05) is 13.1 Å². The molecule has 1 aliphatic rings. The Hall–Kier alpha value is -1.61. The molecule has 1 aromatic carbocycles. The predicted octanol–water partition coefficient (Wildman–Crippen LogP) is 3.64. The van der Waals surface area contributed by atoms with E-state index in [2.05, 4.69) is 45.2 Å². The number of aryl methyl sites for hydroxylation is 1. The highest BCUT2D eigenvalue weighted by atomic mass is 15.1. The van der Waals surface area contributed by atoms with Crippen molar-refractivity contribution in [3.05, 3.63) is 54.1 Å². The van der Waals surface area contributed by atoms with E-state index in [4.69, 9.17) is 0 Å². The Labute approximate surface area is 127 Å². The number of H-pyrrole nitrogens is 1. The largest absolute Gasteiger partial charge is 0.349 e. The molecule has 1 N–H and O–H groups in total. The summed E-state index contributed by atoms with van der Waals surface area (Å²) in [4.78, 5) is 10.1. The lowest BCUT2D eigenvalue weighted by Gasteiger charge is -2.32. The minimum Gasteiger partial charge on any atom is -0.349 e. The molecular weight excluding hydrogens is 258 g/mol. The van der Waals surface area contributed by atoms with Gasteiger partial charge in [-0.15, -0.1) is 0 Å². The quantitative estimate of drug-likeness (QED) is 0.877. The van der Waals surface area contributed by atoms with Crippen molar-refractivity contribution >= 4 is 0 Å². The molecular formula is C18H25N3. The van der Waals surface area contributed by atoms with Gasteiger partial charge in [-0.05, 0) is 50.3 Å². The van der Waals surface area contributed by atoms with Crippen molar-refractivity contribution in [1.82, 2.24) is 14.9 Å². The molecule has 112 valence electrons. The van der Waals surface area contributed by atoms with E-state index in [0.717, 1.165) is 24.7 Å². The molecule has 0 saturated carbocycles. The van der Waals surface area contributed by atoms with Crippen LogP contribution in [-0.4, -0.2) is 28.0 Å². The van der Waals surface area contributed by atoms with Gasteiger partial charge >= 0.3 is 0 Å². The Kier molecular flexibility index (Phi) is 5.06. The fraction of sp³-hybridized carbons (Fsp3) is 0.500. The maximum absolute atomic E-state index is 4.29. The van der Waals surface area contributed by atoms with Crippen molar-refractivity contribution in [2.45, 2.75) is 38.6 Å². The monoisotopic (exact) mass is 283 g/mol. The lowest BCUT2D eigenvalue weighted by Crippen LogP contribution is -2.33. The summed E-state index contributed by atoms with van der Waals surface area (Å²) in [7, 11) is 0. The van der Waals surface area contributed by atoms with Gasteiger partial charge in [0.05, 0.1) is 0 Å². The van der Waals surface area contributed by atoms with Gasteiger partial charge in [0.15, 0.2) is 0 Å². The number of aromatic amines is 1. The summed E-state index contributed by atoms with van der Waals surface area (Å²) in [6, 6.07) is 10.8. The molecule has 2 heterocycles. The summed E-state index contributed by atoms with van der Waals surface area (Å²) in [5.41, 5.74) is 1.44. The summed E-state index contributed by atoms with van der Waals surface area (Å²) in [5.74, 6) is 2.04. The van der Waals surface area contributed by atoms with E-state index in [1.807, 2.05) is 12.4 Å². The molecule has 0 unspecified atom stereocenters. The first kappa shape index (κ1) is 14.3. The summed E-state index contributed by atoms with van der Waals surface area (Å²) in [6.45, 7) is 3.61. The zero-order chi connectivity index (χ0) is 14.3. The molecule has 1 saturated heterocycles. The highest BCUT2D eigenvalue weighted by molar-refractivity contribution is 5.14. The summed E-state index contributed by atoms with van der Waals surface area (Å²) >= 11 is 0. The Balaban J connectivity index is 1.35. The fourth-order valence-electron chi connectivity index (χ4n) is 3.27. The van der Waals surface area contributed by atoms with E-state index in [-0.39, 0.29) is 0 Å². The van der Waals surface area contributed by atoms with Crippen molar-refractivity contribution in [3.8, 4) is 0 Å². The Bertz CT molecular complexity index is 499. The number of benzene rings is 1. The molecule has 1 fully saturated rings. The molecule has 0 atom stereocenters. The number of nitrogens with zero attached hydrogens (tertiary/aromatic N) is 2. The van der Waals surface area contributed by atoms with E-state index in [1.165, 1.54) is 44.3 Å². The third-order valence-electron chi connectivity index (χ3n) is 4.54. The fourth-order valence-corrected chi connectivity index (χ4v) is 3.27. The number of imidazole rings is 1. The van der Waals surface area contributed by atoms with Crippen LogP contribution < -0.4 is 0 Å². The lowest BCUT2D eigenvalue weighted by atomic mass is 9.91. The van der Waals surface area contributed by atoms with Gasteiger partial charge < -0.3 is 4.98 Å². The number of piperidine rings is 1. The third kappa shape index (κ3) is 4.43. The normalized spacial score (nSPS) is 17.1. The van der Waals surface area contributed by atoms with Gasteiger partial charge in [0.1, 0.15) is 5.82 Å². The van der Waals surface area contributed by atoms with E-state index in [0.29, 0.717) is 0 Å². The Morgan fingerprint density at radius 3 is 2.67 bits per heavy atom. The standard InChI is InChI=1S/C18H25N3/c1-2-5-17(6-3-1)15-21-13-9-16(10-14-21)7-4-8-18-19-11-12-20-18/h1-3,5-6,11-12,16H,4,7-10,13-15H2,(H,19,20). The van der Waals surface area contributed by atoms with Crippen molar-refractivity contribution in [2.24, 2.45) is 5.92 Å². The summed E-state index contributed by atoms with van der Waals surface area (Å²) in [5, 5.41) is 0.